The van der Waals surface area contributed by atoms with Crippen molar-refractivity contribution in [3.63, 3.8) is 0 Å². The van der Waals surface area contributed by atoms with Gasteiger partial charge in [0.2, 0.25) is 0 Å². The number of para-hydroxylation sites is 1. The van der Waals surface area contributed by atoms with Crippen LogP contribution in [0.15, 0.2) is 65.5 Å². The second kappa shape index (κ2) is 10.1. The van der Waals surface area contributed by atoms with Crippen LogP contribution < -0.4 is 5.56 Å². The number of rotatable bonds is 5. The smallest absolute Gasteiger partial charge is 0.266 e. The fraction of sp³-hybridized carbons (Fsp3) is 0.250. The number of hydrogen-bond donors (Lipinski definition) is 0. The number of likely N-dealkylation sites (tertiary alicyclic amines) is 1. The predicted octanol–water partition coefficient (Wildman–Crippen LogP) is 6.12. The summed E-state index contributed by atoms with van der Waals surface area (Å²) < 4.78 is 15.3. The molecule has 1 aliphatic rings. The Morgan fingerprint density at radius 3 is 2.74 bits per heavy atom. The summed E-state index contributed by atoms with van der Waals surface area (Å²) in [6.45, 7) is 4.18. The normalized spacial score (nSPS) is 16.8. The molecular weight excluding hydrogens is 463 g/mol. The molecule has 35 heavy (non-hydrogen) atoms. The molecule has 7 heteroatoms. The highest BCUT2D eigenvalue weighted by molar-refractivity contribution is 6.32. The first-order chi connectivity index (χ1) is 17.0. The van der Waals surface area contributed by atoms with Gasteiger partial charge in [-0.25, -0.2) is 9.37 Å². The number of nitrogens with zero attached hydrogens (tertiary/aromatic N) is 4. The molecule has 1 fully saturated rings. The molecule has 5 nitrogen and oxygen atoms in total. The van der Waals surface area contributed by atoms with E-state index in [2.05, 4.69) is 16.8 Å². The standard InChI is InChI=1S/C28H26ClFN4O/c1-19-7-4-5-16-33(19)18-22-9-6-8-21(31-22)13-15-27-32-25-14-12-20(30)17-23(25)28(35)34(27)26-11-3-2-10-24(26)29/h2-3,6,8-15,17,19H,4-5,7,16,18H2,1H3/b15-13+. The summed E-state index contributed by atoms with van der Waals surface area (Å²) in [7, 11) is 0. The fourth-order valence-corrected chi connectivity index (χ4v) is 4.81. The van der Waals surface area contributed by atoms with Gasteiger partial charge in [0, 0.05) is 12.6 Å². The van der Waals surface area contributed by atoms with Crippen LogP contribution >= 0.6 is 11.6 Å². The third kappa shape index (κ3) is 5.04. The SMILES string of the molecule is CC1CCCCN1Cc1cccc(/C=C/c2nc3ccc(F)cc3c(=O)n2-c2ccccc2Cl)n1. The zero-order chi connectivity index (χ0) is 24.4. The van der Waals surface area contributed by atoms with Crippen LogP contribution in [0, 0.1) is 5.82 Å². The molecule has 0 saturated carbocycles. The minimum absolute atomic E-state index is 0.192. The summed E-state index contributed by atoms with van der Waals surface area (Å²) in [5.74, 6) is -0.103. The van der Waals surface area contributed by atoms with E-state index in [0.717, 1.165) is 24.5 Å². The summed E-state index contributed by atoms with van der Waals surface area (Å²) in [4.78, 5) is 25.3. The van der Waals surface area contributed by atoms with Gasteiger partial charge in [-0.05, 0) is 80.9 Å². The topological polar surface area (TPSA) is 51.0 Å². The average Bonchev–Trinajstić information content (AvgIpc) is 2.86. The molecule has 178 valence electrons. The number of halogens is 2. The van der Waals surface area contributed by atoms with Crippen LogP contribution in [0.1, 0.15) is 43.4 Å². The van der Waals surface area contributed by atoms with Gasteiger partial charge in [-0.2, -0.15) is 0 Å². The molecule has 0 amide bonds. The Bertz CT molecular complexity index is 1470. The predicted molar refractivity (Wildman–Crippen MR) is 139 cm³/mol. The number of benzene rings is 2. The van der Waals surface area contributed by atoms with E-state index in [1.165, 1.54) is 42.0 Å². The zero-order valence-electron chi connectivity index (χ0n) is 19.5. The van der Waals surface area contributed by atoms with Gasteiger partial charge in [-0.15, -0.1) is 0 Å². The molecule has 0 bridgehead atoms. The largest absolute Gasteiger partial charge is 0.295 e. The Balaban J connectivity index is 1.54. The van der Waals surface area contributed by atoms with Gasteiger partial charge in [0.15, 0.2) is 0 Å². The van der Waals surface area contributed by atoms with Crippen molar-refractivity contribution >= 4 is 34.7 Å². The van der Waals surface area contributed by atoms with E-state index in [1.807, 2.05) is 24.3 Å². The van der Waals surface area contributed by atoms with Crippen molar-refractivity contribution in [3.05, 3.63) is 99.1 Å². The quantitative estimate of drug-likeness (QED) is 0.339. The molecule has 1 atom stereocenters. The van der Waals surface area contributed by atoms with Crippen molar-refractivity contribution in [1.82, 2.24) is 19.4 Å². The average molecular weight is 489 g/mol. The van der Waals surface area contributed by atoms with E-state index in [1.54, 1.807) is 30.3 Å². The Kier molecular flexibility index (Phi) is 6.75. The number of fused-ring (bicyclic) bond motifs is 1. The first kappa shape index (κ1) is 23.4. The van der Waals surface area contributed by atoms with Crippen molar-refractivity contribution in [2.24, 2.45) is 0 Å². The number of hydrogen-bond acceptors (Lipinski definition) is 4. The third-order valence-electron chi connectivity index (χ3n) is 6.49. The van der Waals surface area contributed by atoms with E-state index in [4.69, 9.17) is 16.6 Å². The highest BCUT2D eigenvalue weighted by atomic mass is 35.5. The lowest BCUT2D eigenvalue weighted by atomic mass is 10.0. The van der Waals surface area contributed by atoms with Gasteiger partial charge in [-0.3, -0.25) is 19.2 Å². The Morgan fingerprint density at radius 2 is 1.91 bits per heavy atom. The van der Waals surface area contributed by atoms with Gasteiger partial charge in [0.1, 0.15) is 11.6 Å². The number of pyridine rings is 1. The van der Waals surface area contributed by atoms with Crippen LogP contribution in [-0.4, -0.2) is 32.0 Å². The summed E-state index contributed by atoms with van der Waals surface area (Å²) in [5, 5.41) is 0.593. The first-order valence-electron chi connectivity index (χ1n) is 11.8. The molecular formula is C28H26ClFN4O. The molecule has 4 aromatic rings. The van der Waals surface area contributed by atoms with E-state index in [-0.39, 0.29) is 10.9 Å². The maximum atomic E-state index is 13.9. The molecule has 0 aliphatic carbocycles. The summed E-state index contributed by atoms with van der Waals surface area (Å²) >= 11 is 6.42. The van der Waals surface area contributed by atoms with Crippen LogP contribution in [0.5, 0.6) is 0 Å². The minimum atomic E-state index is -0.491. The van der Waals surface area contributed by atoms with Gasteiger partial charge < -0.3 is 0 Å². The second-order valence-electron chi connectivity index (χ2n) is 8.93. The monoisotopic (exact) mass is 488 g/mol. The van der Waals surface area contributed by atoms with Gasteiger partial charge in [-0.1, -0.05) is 36.2 Å². The number of aromatic nitrogens is 3. The van der Waals surface area contributed by atoms with Crippen molar-refractivity contribution in [1.29, 1.82) is 0 Å². The molecule has 1 saturated heterocycles. The Morgan fingerprint density at radius 1 is 1.06 bits per heavy atom. The molecule has 5 rings (SSSR count). The molecule has 0 spiro atoms. The van der Waals surface area contributed by atoms with E-state index >= 15 is 0 Å². The van der Waals surface area contributed by atoms with Crippen molar-refractivity contribution in [3.8, 4) is 5.69 Å². The van der Waals surface area contributed by atoms with Crippen LogP contribution in [0.3, 0.4) is 0 Å². The fourth-order valence-electron chi connectivity index (χ4n) is 4.59. The molecule has 1 unspecified atom stereocenters. The summed E-state index contributed by atoms with van der Waals surface area (Å²) in [6.07, 6.45) is 7.32. The van der Waals surface area contributed by atoms with Crippen molar-refractivity contribution in [2.75, 3.05) is 6.54 Å². The molecule has 0 radical (unpaired) electrons. The molecule has 2 aromatic heterocycles. The maximum absolute atomic E-state index is 13.9. The highest BCUT2D eigenvalue weighted by Crippen LogP contribution is 2.23. The molecule has 0 N–H and O–H groups in total. The minimum Gasteiger partial charge on any atom is -0.295 e. The van der Waals surface area contributed by atoms with Crippen LogP contribution in [0.2, 0.25) is 5.02 Å². The maximum Gasteiger partial charge on any atom is 0.266 e. The lowest BCUT2D eigenvalue weighted by Gasteiger charge is -2.32. The van der Waals surface area contributed by atoms with E-state index < -0.39 is 5.82 Å². The van der Waals surface area contributed by atoms with Crippen LogP contribution in [0.4, 0.5) is 4.39 Å². The Hall–Kier alpha value is -3.35. The van der Waals surface area contributed by atoms with Crippen molar-refractivity contribution in [2.45, 2.75) is 38.8 Å². The van der Waals surface area contributed by atoms with Gasteiger partial charge >= 0.3 is 0 Å². The molecule has 3 heterocycles. The molecule has 1 aliphatic heterocycles. The van der Waals surface area contributed by atoms with E-state index in [0.29, 0.717) is 28.1 Å². The van der Waals surface area contributed by atoms with Crippen molar-refractivity contribution < 1.29 is 4.39 Å². The van der Waals surface area contributed by atoms with Crippen LogP contribution in [0.25, 0.3) is 28.7 Å². The lowest BCUT2D eigenvalue weighted by Crippen LogP contribution is -2.36. The summed E-state index contributed by atoms with van der Waals surface area (Å²) in [6, 6.07) is 17.6. The third-order valence-corrected chi connectivity index (χ3v) is 6.81. The van der Waals surface area contributed by atoms with Gasteiger partial charge in [0.05, 0.1) is 33.0 Å². The van der Waals surface area contributed by atoms with E-state index in [9.17, 15) is 9.18 Å². The second-order valence-corrected chi connectivity index (χ2v) is 9.33. The summed E-state index contributed by atoms with van der Waals surface area (Å²) in [5.41, 5.74) is 2.29. The highest BCUT2D eigenvalue weighted by Gasteiger charge is 2.18. The first-order valence-corrected chi connectivity index (χ1v) is 12.2. The van der Waals surface area contributed by atoms with Crippen LogP contribution in [-0.2, 0) is 6.54 Å². The molecule has 2 aromatic carbocycles. The number of piperidine rings is 1. The lowest BCUT2D eigenvalue weighted by molar-refractivity contribution is 0.151. The Labute approximate surface area is 208 Å². The zero-order valence-corrected chi connectivity index (χ0v) is 20.3. The van der Waals surface area contributed by atoms with Gasteiger partial charge in [0.25, 0.3) is 5.56 Å².